The molecule has 3 rings (SSSR count). The third-order valence-corrected chi connectivity index (χ3v) is 4.89. The second kappa shape index (κ2) is 9.73. The van der Waals surface area contributed by atoms with Gasteiger partial charge in [0, 0.05) is 48.6 Å². The van der Waals surface area contributed by atoms with E-state index in [9.17, 15) is 4.79 Å². The van der Waals surface area contributed by atoms with Crippen molar-refractivity contribution in [2.75, 3.05) is 34.8 Å². The number of carbonyl (C=O) groups is 1. The van der Waals surface area contributed by atoms with Crippen molar-refractivity contribution in [3.05, 3.63) is 78.6 Å². The Hall–Kier alpha value is -3.34. The van der Waals surface area contributed by atoms with E-state index in [2.05, 4.69) is 53.3 Å². The van der Waals surface area contributed by atoms with Gasteiger partial charge in [0.05, 0.1) is 0 Å². The van der Waals surface area contributed by atoms with Crippen molar-refractivity contribution < 1.29 is 4.79 Å². The molecule has 0 saturated heterocycles. The molecule has 29 heavy (non-hydrogen) atoms. The molecule has 3 aromatic rings. The summed E-state index contributed by atoms with van der Waals surface area (Å²) in [7, 11) is 0. The molecular weight excluding hydrogens is 360 g/mol. The number of benzene rings is 2. The van der Waals surface area contributed by atoms with Gasteiger partial charge in [-0.15, -0.1) is 0 Å². The summed E-state index contributed by atoms with van der Waals surface area (Å²) in [6.07, 6.45) is 1.67. The van der Waals surface area contributed by atoms with Crippen LogP contribution in [0.25, 0.3) is 0 Å². The molecule has 0 unspecified atom stereocenters. The predicted molar refractivity (Wildman–Crippen MR) is 121 cm³/mol. The van der Waals surface area contributed by atoms with Crippen LogP contribution in [0.3, 0.4) is 0 Å². The average molecular weight is 389 g/mol. The van der Waals surface area contributed by atoms with E-state index in [1.54, 1.807) is 17.2 Å². The number of nitrogens with zero attached hydrogens (tertiary/aromatic N) is 3. The van der Waals surface area contributed by atoms with Gasteiger partial charge < -0.3 is 15.1 Å². The zero-order valence-electron chi connectivity index (χ0n) is 17.3. The zero-order chi connectivity index (χ0) is 20.6. The number of hydrogen-bond acceptors (Lipinski definition) is 4. The number of pyridine rings is 1. The van der Waals surface area contributed by atoms with Crippen molar-refractivity contribution in [2.24, 2.45) is 0 Å². The lowest BCUT2D eigenvalue weighted by Gasteiger charge is -2.21. The van der Waals surface area contributed by atoms with Crippen molar-refractivity contribution >= 4 is 28.7 Å². The highest BCUT2D eigenvalue weighted by atomic mass is 16.2. The molecule has 0 aliphatic rings. The van der Waals surface area contributed by atoms with E-state index in [0.29, 0.717) is 12.2 Å². The predicted octanol–water partition coefficient (Wildman–Crippen LogP) is 5.34. The van der Waals surface area contributed by atoms with E-state index in [-0.39, 0.29) is 5.91 Å². The third-order valence-electron chi connectivity index (χ3n) is 4.89. The fourth-order valence-electron chi connectivity index (χ4n) is 3.33. The topological polar surface area (TPSA) is 48.5 Å². The van der Waals surface area contributed by atoms with Crippen LogP contribution in [0.1, 0.15) is 31.3 Å². The van der Waals surface area contributed by atoms with Gasteiger partial charge in [0.1, 0.15) is 5.69 Å². The minimum Gasteiger partial charge on any atom is -0.372 e. The highest BCUT2D eigenvalue weighted by Crippen LogP contribution is 2.22. The van der Waals surface area contributed by atoms with Gasteiger partial charge >= 0.3 is 0 Å². The molecule has 0 atom stereocenters. The number of nitrogens with one attached hydrogen (secondary N) is 1. The lowest BCUT2D eigenvalue weighted by Crippen LogP contribution is -2.31. The quantitative estimate of drug-likeness (QED) is 0.566. The van der Waals surface area contributed by atoms with Gasteiger partial charge in [0.15, 0.2) is 0 Å². The molecule has 1 heterocycles. The summed E-state index contributed by atoms with van der Waals surface area (Å²) in [6.45, 7) is 8.81. The second-order valence-electron chi connectivity index (χ2n) is 6.66. The van der Waals surface area contributed by atoms with Crippen LogP contribution in [0.5, 0.6) is 0 Å². The Labute approximate surface area is 173 Å². The number of anilines is 4. The van der Waals surface area contributed by atoms with Crippen molar-refractivity contribution in [3.63, 3.8) is 0 Å². The first-order valence-electron chi connectivity index (χ1n) is 10.1. The van der Waals surface area contributed by atoms with E-state index in [1.807, 2.05) is 43.3 Å². The molecule has 1 amide bonds. The summed E-state index contributed by atoms with van der Waals surface area (Å²) in [5, 5.41) is 3.37. The number of aromatic nitrogens is 1. The number of amides is 1. The Morgan fingerprint density at radius 2 is 1.52 bits per heavy atom. The summed E-state index contributed by atoms with van der Waals surface area (Å²) in [5.74, 6) is -0.112. The second-order valence-corrected chi connectivity index (χ2v) is 6.66. The Kier molecular flexibility index (Phi) is 6.85. The Morgan fingerprint density at radius 1 is 0.828 bits per heavy atom. The molecule has 0 radical (unpaired) electrons. The lowest BCUT2D eigenvalue weighted by molar-refractivity contribution is 0.0983. The SMILES string of the molecule is CCN(CC)c1ccc(Nc2ccnc(C(=O)N(CC)c3ccccc3)c2)cc1. The molecule has 0 aliphatic heterocycles. The molecule has 5 heteroatoms. The highest BCUT2D eigenvalue weighted by Gasteiger charge is 2.17. The molecule has 0 saturated carbocycles. The van der Waals surface area contributed by atoms with Gasteiger partial charge in [0.2, 0.25) is 0 Å². The number of carbonyl (C=O) groups excluding carboxylic acids is 1. The Balaban J connectivity index is 1.76. The standard InChI is InChI=1S/C24H28N4O/c1-4-27(5-2)21-14-12-19(13-15-21)26-20-16-17-25-23(18-20)24(29)28(6-3)22-10-8-7-9-11-22/h7-18H,4-6H2,1-3H3,(H,25,26). The smallest absolute Gasteiger partial charge is 0.276 e. The summed E-state index contributed by atoms with van der Waals surface area (Å²) in [6, 6.07) is 21.7. The van der Waals surface area contributed by atoms with Crippen molar-refractivity contribution in [2.45, 2.75) is 20.8 Å². The molecule has 5 nitrogen and oxygen atoms in total. The molecule has 0 bridgehead atoms. The van der Waals surface area contributed by atoms with Gasteiger partial charge in [-0.1, -0.05) is 18.2 Å². The summed E-state index contributed by atoms with van der Waals surface area (Å²) in [4.78, 5) is 21.3. The molecule has 2 aromatic carbocycles. The van der Waals surface area contributed by atoms with Crippen molar-refractivity contribution in [3.8, 4) is 0 Å². The van der Waals surface area contributed by atoms with Crippen LogP contribution in [0, 0.1) is 0 Å². The van der Waals surface area contributed by atoms with E-state index < -0.39 is 0 Å². The molecule has 1 N–H and O–H groups in total. The Morgan fingerprint density at radius 3 is 2.14 bits per heavy atom. The maximum atomic E-state index is 13.0. The largest absolute Gasteiger partial charge is 0.372 e. The summed E-state index contributed by atoms with van der Waals surface area (Å²) < 4.78 is 0. The first-order valence-corrected chi connectivity index (χ1v) is 10.1. The molecule has 0 fully saturated rings. The van der Waals surface area contributed by atoms with Crippen molar-refractivity contribution in [1.82, 2.24) is 4.98 Å². The normalized spacial score (nSPS) is 10.4. The number of hydrogen-bond donors (Lipinski definition) is 1. The van der Waals surface area contributed by atoms with Gasteiger partial charge in [-0.3, -0.25) is 9.78 Å². The van der Waals surface area contributed by atoms with E-state index in [0.717, 1.165) is 30.2 Å². The van der Waals surface area contributed by atoms with Crippen LogP contribution >= 0.6 is 0 Å². The molecule has 150 valence electrons. The van der Waals surface area contributed by atoms with Gasteiger partial charge in [0.25, 0.3) is 5.91 Å². The zero-order valence-corrected chi connectivity index (χ0v) is 17.3. The van der Waals surface area contributed by atoms with Gasteiger partial charge in [-0.2, -0.15) is 0 Å². The Bertz CT molecular complexity index is 921. The van der Waals surface area contributed by atoms with Gasteiger partial charge in [-0.25, -0.2) is 0 Å². The fourth-order valence-corrected chi connectivity index (χ4v) is 3.33. The van der Waals surface area contributed by atoms with Crippen molar-refractivity contribution in [1.29, 1.82) is 0 Å². The van der Waals surface area contributed by atoms with Crippen LogP contribution in [-0.4, -0.2) is 30.5 Å². The maximum absolute atomic E-state index is 13.0. The minimum atomic E-state index is -0.112. The van der Waals surface area contributed by atoms with Crippen LogP contribution < -0.4 is 15.1 Å². The monoisotopic (exact) mass is 388 g/mol. The lowest BCUT2D eigenvalue weighted by atomic mass is 10.2. The number of rotatable bonds is 8. The first-order chi connectivity index (χ1) is 14.2. The van der Waals surface area contributed by atoms with Crippen LogP contribution in [0.2, 0.25) is 0 Å². The van der Waals surface area contributed by atoms with Crippen LogP contribution in [0.15, 0.2) is 72.9 Å². The molecule has 1 aromatic heterocycles. The highest BCUT2D eigenvalue weighted by molar-refractivity contribution is 6.05. The molecule has 0 spiro atoms. The number of para-hydroxylation sites is 1. The minimum absolute atomic E-state index is 0.112. The average Bonchev–Trinajstić information content (AvgIpc) is 2.77. The molecular formula is C24H28N4O. The van der Waals surface area contributed by atoms with E-state index in [4.69, 9.17) is 0 Å². The molecule has 0 aliphatic carbocycles. The van der Waals surface area contributed by atoms with Crippen LogP contribution in [-0.2, 0) is 0 Å². The summed E-state index contributed by atoms with van der Waals surface area (Å²) in [5.41, 5.74) is 4.30. The first kappa shape index (κ1) is 20.4. The van der Waals surface area contributed by atoms with Gasteiger partial charge in [-0.05, 0) is 69.3 Å². The van der Waals surface area contributed by atoms with E-state index in [1.165, 1.54) is 5.69 Å². The van der Waals surface area contributed by atoms with Crippen LogP contribution in [0.4, 0.5) is 22.7 Å². The summed E-state index contributed by atoms with van der Waals surface area (Å²) >= 11 is 0. The van der Waals surface area contributed by atoms with E-state index >= 15 is 0 Å². The maximum Gasteiger partial charge on any atom is 0.276 e. The third kappa shape index (κ3) is 4.93. The fraction of sp³-hybridized carbons (Fsp3) is 0.250.